The normalized spacial score (nSPS) is 14.3. The van der Waals surface area contributed by atoms with Crippen LogP contribution in [0, 0.1) is 0 Å². The average molecular weight is 562 g/mol. The van der Waals surface area contributed by atoms with Gasteiger partial charge in [-0.05, 0) is 78.5 Å². The van der Waals surface area contributed by atoms with Gasteiger partial charge in [-0.25, -0.2) is 0 Å². The molecular formula is C35H32ClN3O2. The molecule has 5 aromatic rings. The van der Waals surface area contributed by atoms with Crippen molar-refractivity contribution < 1.29 is 9.90 Å². The van der Waals surface area contributed by atoms with Crippen molar-refractivity contribution in [3.63, 3.8) is 0 Å². The Kier molecular flexibility index (Phi) is 7.99. The van der Waals surface area contributed by atoms with E-state index >= 15 is 0 Å². The first-order valence-electron chi connectivity index (χ1n) is 14.1. The van der Waals surface area contributed by atoms with Gasteiger partial charge in [0, 0.05) is 41.7 Å². The minimum absolute atomic E-state index is 0.0846. The molecule has 1 aromatic heterocycles. The smallest absolute Gasteiger partial charge is 0.251 e. The number of carbonyl (C=O) groups excluding carboxylic acids is 1. The summed E-state index contributed by atoms with van der Waals surface area (Å²) in [6.07, 6.45) is 4.11. The van der Waals surface area contributed by atoms with E-state index in [0.717, 1.165) is 36.3 Å². The summed E-state index contributed by atoms with van der Waals surface area (Å²) in [5.74, 6) is -0.418. The summed E-state index contributed by atoms with van der Waals surface area (Å²) >= 11 is 6.69. The molecule has 206 valence electrons. The van der Waals surface area contributed by atoms with Crippen molar-refractivity contribution in [3.8, 4) is 16.9 Å². The highest BCUT2D eigenvalue weighted by molar-refractivity contribution is 6.35. The Hall–Kier alpha value is -4.19. The van der Waals surface area contributed by atoms with E-state index in [2.05, 4.69) is 39.5 Å². The van der Waals surface area contributed by atoms with Gasteiger partial charge in [-0.2, -0.15) is 0 Å². The van der Waals surface area contributed by atoms with E-state index in [1.54, 1.807) is 18.3 Å². The van der Waals surface area contributed by atoms with Crippen molar-refractivity contribution in [1.82, 2.24) is 15.2 Å². The fourth-order valence-corrected chi connectivity index (χ4v) is 6.00. The van der Waals surface area contributed by atoms with Gasteiger partial charge in [-0.15, -0.1) is 0 Å². The number of fused-ring (bicyclic) bond motifs is 1. The second-order valence-electron chi connectivity index (χ2n) is 10.6. The first-order valence-corrected chi connectivity index (χ1v) is 14.5. The molecule has 1 amide bonds. The molecule has 1 aliphatic rings. The number of phenolic OH excluding ortho intramolecular Hbond substituents is 1. The number of rotatable bonds is 8. The molecule has 1 aliphatic heterocycles. The molecule has 0 bridgehead atoms. The summed E-state index contributed by atoms with van der Waals surface area (Å²) in [6.45, 7) is 3.39. The van der Waals surface area contributed by atoms with Crippen molar-refractivity contribution in [1.29, 1.82) is 0 Å². The molecule has 41 heavy (non-hydrogen) atoms. The molecule has 2 heterocycles. The second-order valence-corrected chi connectivity index (χ2v) is 11.0. The Morgan fingerprint density at radius 2 is 1.66 bits per heavy atom. The van der Waals surface area contributed by atoms with Crippen molar-refractivity contribution in [3.05, 3.63) is 131 Å². The van der Waals surface area contributed by atoms with E-state index in [1.165, 1.54) is 18.4 Å². The first kappa shape index (κ1) is 27.0. The molecule has 2 N–H and O–H groups in total. The summed E-state index contributed by atoms with van der Waals surface area (Å²) in [6, 6.07) is 31.6. The Morgan fingerprint density at radius 3 is 2.44 bits per heavy atom. The standard InChI is InChI=1S/C35H32ClN3O2/c36-32-21-30(34(40)33-29(32)12-7-17-37-33)31(28-11-6-8-24(20-28)23-39-18-4-5-19-39)22-38-35(41)27-15-13-26(14-16-27)25-9-2-1-3-10-25/h1-3,6-17,20-21,31,40H,4-5,18-19,22-23H2,(H,38,41). The number of nitrogens with zero attached hydrogens (tertiary/aromatic N) is 2. The minimum Gasteiger partial charge on any atom is -0.505 e. The number of pyridine rings is 1. The van der Waals surface area contributed by atoms with Gasteiger partial charge in [-0.3, -0.25) is 14.7 Å². The summed E-state index contributed by atoms with van der Waals surface area (Å²) in [5, 5.41) is 15.7. The first-order chi connectivity index (χ1) is 20.1. The zero-order valence-electron chi connectivity index (χ0n) is 22.8. The van der Waals surface area contributed by atoms with Gasteiger partial charge in [0.15, 0.2) is 0 Å². The van der Waals surface area contributed by atoms with Gasteiger partial charge in [0.05, 0.1) is 5.02 Å². The topological polar surface area (TPSA) is 65.5 Å². The number of benzene rings is 4. The van der Waals surface area contributed by atoms with E-state index < -0.39 is 0 Å². The zero-order chi connectivity index (χ0) is 28.2. The molecule has 4 aromatic carbocycles. The summed E-state index contributed by atoms with van der Waals surface area (Å²) in [7, 11) is 0. The van der Waals surface area contributed by atoms with E-state index in [4.69, 9.17) is 11.6 Å². The predicted octanol–water partition coefficient (Wildman–Crippen LogP) is 7.42. The fourth-order valence-electron chi connectivity index (χ4n) is 5.73. The molecule has 1 saturated heterocycles. The molecule has 6 rings (SSSR count). The number of aromatic hydroxyl groups is 1. The third kappa shape index (κ3) is 5.97. The van der Waals surface area contributed by atoms with Crippen LogP contribution in [0.15, 0.2) is 103 Å². The lowest BCUT2D eigenvalue weighted by atomic mass is 9.88. The van der Waals surface area contributed by atoms with E-state index in [1.807, 2.05) is 60.7 Å². The largest absolute Gasteiger partial charge is 0.505 e. The molecule has 1 fully saturated rings. The summed E-state index contributed by atoms with van der Waals surface area (Å²) in [4.78, 5) is 20.2. The molecule has 0 saturated carbocycles. The van der Waals surface area contributed by atoms with Crippen LogP contribution in [0.1, 0.15) is 45.8 Å². The Balaban J connectivity index is 1.30. The minimum atomic E-state index is -0.329. The SMILES string of the molecule is O=C(NCC(c1cccc(CN2CCCC2)c1)c1cc(Cl)c2cccnc2c1O)c1ccc(-c2ccccc2)cc1. The van der Waals surface area contributed by atoms with Crippen LogP contribution in [0.4, 0.5) is 0 Å². The predicted molar refractivity (Wildman–Crippen MR) is 165 cm³/mol. The monoisotopic (exact) mass is 561 g/mol. The number of likely N-dealkylation sites (tertiary alicyclic amines) is 1. The maximum Gasteiger partial charge on any atom is 0.251 e. The fraction of sp³-hybridized carbons (Fsp3) is 0.200. The maximum atomic E-state index is 13.3. The molecule has 0 spiro atoms. The molecule has 6 heteroatoms. The lowest BCUT2D eigenvalue weighted by Crippen LogP contribution is -2.29. The highest BCUT2D eigenvalue weighted by Gasteiger charge is 2.23. The van der Waals surface area contributed by atoms with Gasteiger partial charge in [0.2, 0.25) is 0 Å². The zero-order valence-corrected chi connectivity index (χ0v) is 23.5. The number of phenols is 1. The van der Waals surface area contributed by atoms with Crippen LogP contribution in [0.3, 0.4) is 0 Å². The molecular weight excluding hydrogens is 530 g/mol. The Bertz CT molecular complexity index is 1670. The number of amides is 1. The third-order valence-electron chi connectivity index (χ3n) is 7.90. The van der Waals surface area contributed by atoms with Crippen molar-refractivity contribution >= 4 is 28.4 Å². The third-order valence-corrected chi connectivity index (χ3v) is 8.21. The average Bonchev–Trinajstić information content (AvgIpc) is 3.53. The van der Waals surface area contributed by atoms with Crippen LogP contribution in [-0.2, 0) is 6.54 Å². The van der Waals surface area contributed by atoms with Crippen LogP contribution >= 0.6 is 11.6 Å². The van der Waals surface area contributed by atoms with Crippen LogP contribution in [0.25, 0.3) is 22.0 Å². The number of halogens is 1. The lowest BCUT2D eigenvalue weighted by Gasteiger charge is -2.22. The number of aromatic nitrogens is 1. The lowest BCUT2D eigenvalue weighted by molar-refractivity contribution is 0.0952. The van der Waals surface area contributed by atoms with Crippen LogP contribution in [0.5, 0.6) is 5.75 Å². The van der Waals surface area contributed by atoms with Crippen LogP contribution in [0.2, 0.25) is 5.02 Å². The van der Waals surface area contributed by atoms with Gasteiger partial charge in [0.1, 0.15) is 11.3 Å². The van der Waals surface area contributed by atoms with Gasteiger partial charge < -0.3 is 10.4 Å². The number of nitrogens with one attached hydrogen (secondary N) is 1. The molecule has 1 atom stereocenters. The molecule has 5 nitrogen and oxygen atoms in total. The quantitative estimate of drug-likeness (QED) is 0.207. The van der Waals surface area contributed by atoms with E-state index in [0.29, 0.717) is 27.1 Å². The second kappa shape index (κ2) is 12.1. The number of hydrogen-bond acceptors (Lipinski definition) is 4. The molecule has 0 radical (unpaired) electrons. The van der Waals surface area contributed by atoms with Crippen molar-refractivity contribution in [2.24, 2.45) is 0 Å². The van der Waals surface area contributed by atoms with E-state index in [-0.39, 0.29) is 24.1 Å². The van der Waals surface area contributed by atoms with Crippen LogP contribution < -0.4 is 5.32 Å². The maximum absolute atomic E-state index is 13.3. The van der Waals surface area contributed by atoms with Gasteiger partial charge in [-0.1, -0.05) is 78.3 Å². The summed E-state index contributed by atoms with van der Waals surface area (Å²) < 4.78 is 0. The summed E-state index contributed by atoms with van der Waals surface area (Å²) in [5.41, 5.74) is 6.04. The molecule has 1 unspecified atom stereocenters. The number of hydrogen-bond donors (Lipinski definition) is 2. The molecule has 0 aliphatic carbocycles. The Labute approximate surface area is 245 Å². The highest BCUT2D eigenvalue weighted by Crippen LogP contribution is 2.39. The van der Waals surface area contributed by atoms with E-state index in [9.17, 15) is 9.90 Å². The van der Waals surface area contributed by atoms with Crippen LogP contribution in [-0.4, -0.2) is 40.5 Å². The van der Waals surface area contributed by atoms with Crippen molar-refractivity contribution in [2.45, 2.75) is 25.3 Å². The van der Waals surface area contributed by atoms with Gasteiger partial charge >= 0.3 is 0 Å². The van der Waals surface area contributed by atoms with Gasteiger partial charge in [0.25, 0.3) is 5.91 Å². The van der Waals surface area contributed by atoms with Crippen molar-refractivity contribution in [2.75, 3.05) is 19.6 Å². The Morgan fingerprint density at radius 1 is 0.902 bits per heavy atom. The highest BCUT2D eigenvalue weighted by atomic mass is 35.5. The number of carbonyl (C=O) groups is 1.